The van der Waals surface area contributed by atoms with Gasteiger partial charge in [0.15, 0.2) is 11.5 Å². The molecule has 5 heterocycles. The van der Waals surface area contributed by atoms with E-state index in [1.807, 2.05) is 72.5 Å². The van der Waals surface area contributed by atoms with Crippen LogP contribution < -0.4 is 19.1 Å². The second-order valence-electron chi connectivity index (χ2n) is 15.4. The number of aromatic nitrogens is 1. The maximum absolute atomic E-state index is 15.5. The molecule has 1 atom stereocenters. The number of amides is 2. The summed E-state index contributed by atoms with van der Waals surface area (Å²) in [6, 6.07) is 28.1. The molecule has 1 saturated heterocycles. The summed E-state index contributed by atoms with van der Waals surface area (Å²) in [7, 11) is 0. The lowest BCUT2D eigenvalue weighted by molar-refractivity contribution is 0.0191. The molecular formula is C47H50N4O7. The Morgan fingerprint density at radius 2 is 1.57 bits per heavy atom. The van der Waals surface area contributed by atoms with Gasteiger partial charge in [0.2, 0.25) is 0 Å². The number of benzene rings is 4. The van der Waals surface area contributed by atoms with Crippen LogP contribution in [0.3, 0.4) is 0 Å². The first-order chi connectivity index (χ1) is 28.5. The quantitative estimate of drug-likeness (QED) is 0.163. The average molecular weight is 783 g/mol. The number of nitrogens with zero attached hydrogens (tertiary/aromatic N) is 4. The number of carbonyl (C=O) groups excluding carboxylic acids is 2. The van der Waals surface area contributed by atoms with Crippen molar-refractivity contribution < 1.29 is 33.6 Å². The van der Waals surface area contributed by atoms with Gasteiger partial charge in [-0.2, -0.15) is 0 Å². The van der Waals surface area contributed by atoms with E-state index >= 15 is 9.59 Å². The summed E-state index contributed by atoms with van der Waals surface area (Å²) in [5.41, 5.74) is 7.15. The van der Waals surface area contributed by atoms with E-state index in [1.54, 1.807) is 29.2 Å². The van der Waals surface area contributed by atoms with E-state index < -0.39 is 0 Å². The number of aromatic hydroxyl groups is 1. The van der Waals surface area contributed by atoms with Crippen molar-refractivity contribution in [2.24, 2.45) is 0 Å². The normalized spacial score (nSPS) is 17.8. The van der Waals surface area contributed by atoms with E-state index in [4.69, 9.17) is 18.9 Å². The van der Waals surface area contributed by atoms with Crippen molar-refractivity contribution in [3.8, 4) is 34.3 Å². The van der Waals surface area contributed by atoms with Gasteiger partial charge in [-0.05, 0) is 98.8 Å². The third-order valence-corrected chi connectivity index (χ3v) is 11.8. The summed E-state index contributed by atoms with van der Waals surface area (Å²) >= 11 is 0. The van der Waals surface area contributed by atoms with E-state index in [0.717, 1.165) is 67.0 Å². The molecule has 11 nitrogen and oxygen atoms in total. The van der Waals surface area contributed by atoms with Gasteiger partial charge < -0.3 is 33.5 Å². The molecule has 300 valence electrons. The predicted octanol–water partition coefficient (Wildman–Crippen LogP) is 7.63. The number of morpholine rings is 1. The molecule has 9 rings (SSSR count). The fourth-order valence-electron chi connectivity index (χ4n) is 8.94. The fraction of sp³-hybridized carbons (Fsp3) is 0.362. The largest absolute Gasteiger partial charge is 0.508 e. The standard InChI is InChI=1S/C47H50N4O7/c1-2-56-43-14-8-10-32-30-50(35(26-37(32)43)31-48-20-24-55-25-21-48)46(53)39-29-45-44(57-22-9-23-58-45)28-38(39)42-27-40(41-13-6-7-19-49(41)42)47(54)51(33-11-4-3-5-12-33)34-15-17-36(52)18-16-34/h3-5,8,10-12,14-18,27-29,35,52H,2,6-7,9,13,19-26,30-31H2,1H3/t35-/m0/s1. The molecule has 1 aromatic heterocycles. The summed E-state index contributed by atoms with van der Waals surface area (Å²) in [6.45, 7) is 8.37. The van der Waals surface area contributed by atoms with Crippen molar-refractivity contribution >= 4 is 23.2 Å². The number of fused-ring (bicyclic) bond motifs is 3. The van der Waals surface area contributed by atoms with E-state index in [9.17, 15) is 5.11 Å². The second-order valence-corrected chi connectivity index (χ2v) is 15.4. The number of rotatable bonds is 9. The highest BCUT2D eigenvalue weighted by molar-refractivity contribution is 6.12. The Morgan fingerprint density at radius 1 is 0.810 bits per heavy atom. The lowest BCUT2D eigenvalue weighted by atomic mass is 9.91. The topological polar surface area (TPSA) is 106 Å². The maximum Gasteiger partial charge on any atom is 0.264 e. The molecule has 5 aromatic rings. The monoisotopic (exact) mass is 782 g/mol. The van der Waals surface area contributed by atoms with Crippen LogP contribution in [-0.4, -0.2) is 90.0 Å². The Morgan fingerprint density at radius 3 is 2.34 bits per heavy atom. The Hall–Kier alpha value is -5.78. The maximum atomic E-state index is 15.5. The summed E-state index contributed by atoms with van der Waals surface area (Å²) < 4.78 is 26.6. The van der Waals surface area contributed by atoms with Crippen molar-refractivity contribution in [2.45, 2.75) is 58.2 Å². The summed E-state index contributed by atoms with van der Waals surface area (Å²) in [5, 5.41) is 10.1. The number of phenolic OH excluding ortho intramolecular Hbond substituents is 1. The SMILES string of the molecule is CCOc1cccc2c1C[C@@H](CN1CCOCC1)N(C(=O)c1cc3c(cc1-c1cc(C(=O)N(c4ccccc4)c4ccc(O)cc4)c4n1CCCC4)OCCCO3)C2. The molecule has 0 saturated carbocycles. The Balaban J connectivity index is 1.17. The first kappa shape index (κ1) is 37.8. The summed E-state index contributed by atoms with van der Waals surface area (Å²) in [6.07, 6.45) is 4.01. The number of ether oxygens (including phenoxy) is 4. The smallest absolute Gasteiger partial charge is 0.264 e. The molecule has 1 fully saturated rings. The second kappa shape index (κ2) is 16.6. The van der Waals surface area contributed by atoms with Crippen molar-refractivity contribution in [1.29, 1.82) is 0 Å². The third-order valence-electron chi connectivity index (χ3n) is 11.8. The predicted molar refractivity (Wildman–Crippen MR) is 222 cm³/mol. The zero-order valence-electron chi connectivity index (χ0n) is 33.0. The van der Waals surface area contributed by atoms with Crippen molar-refractivity contribution in [2.75, 3.05) is 57.6 Å². The highest BCUT2D eigenvalue weighted by Crippen LogP contribution is 2.42. The van der Waals surface area contributed by atoms with Crippen LogP contribution in [0.25, 0.3) is 11.3 Å². The number of anilines is 2. The molecule has 11 heteroatoms. The van der Waals surface area contributed by atoms with E-state index in [1.165, 1.54) is 0 Å². The Kier molecular flexibility index (Phi) is 10.8. The minimum absolute atomic E-state index is 0.0920. The van der Waals surface area contributed by atoms with E-state index in [2.05, 4.69) is 15.5 Å². The number of para-hydroxylation sites is 1. The van der Waals surface area contributed by atoms with Crippen LogP contribution in [0.1, 0.15) is 63.7 Å². The van der Waals surface area contributed by atoms with Crippen molar-refractivity contribution in [3.63, 3.8) is 0 Å². The van der Waals surface area contributed by atoms with Gasteiger partial charge in [-0.3, -0.25) is 19.4 Å². The molecular weight excluding hydrogens is 733 g/mol. The Labute approximate surface area is 339 Å². The molecule has 4 aliphatic heterocycles. The third kappa shape index (κ3) is 7.40. The fourth-order valence-corrected chi connectivity index (χ4v) is 8.94. The molecule has 4 aromatic carbocycles. The first-order valence-corrected chi connectivity index (χ1v) is 20.7. The zero-order valence-corrected chi connectivity index (χ0v) is 33.0. The molecule has 4 aliphatic rings. The highest BCUT2D eigenvalue weighted by Gasteiger charge is 2.37. The van der Waals surface area contributed by atoms with Crippen LogP contribution in [0.5, 0.6) is 23.0 Å². The first-order valence-electron chi connectivity index (χ1n) is 20.7. The number of carbonyl (C=O) groups is 2. The number of phenols is 1. The van der Waals surface area contributed by atoms with Gasteiger partial charge in [-0.1, -0.05) is 30.3 Å². The lowest BCUT2D eigenvalue weighted by Gasteiger charge is -2.41. The van der Waals surface area contributed by atoms with Crippen LogP contribution in [-0.2, 0) is 30.7 Å². The van der Waals surface area contributed by atoms with Gasteiger partial charge >= 0.3 is 0 Å². The molecule has 1 N–H and O–H groups in total. The minimum Gasteiger partial charge on any atom is -0.508 e. The van der Waals surface area contributed by atoms with Crippen LogP contribution in [0.2, 0.25) is 0 Å². The molecule has 0 bridgehead atoms. The van der Waals surface area contributed by atoms with Crippen LogP contribution in [0, 0.1) is 0 Å². The van der Waals surface area contributed by atoms with Crippen LogP contribution in [0.4, 0.5) is 11.4 Å². The summed E-state index contributed by atoms with van der Waals surface area (Å²) in [5.74, 6) is 1.87. The minimum atomic E-state index is -0.181. The molecule has 58 heavy (non-hydrogen) atoms. The molecule has 0 radical (unpaired) electrons. The Bertz CT molecular complexity index is 2280. The van der Waals surface area contributed by atoms with Gasteiger partial charge in [-0.15, -0.1) is 0 Å². The highest BCUT2D eigenvalue weighted by atomic mass is 16.5. The summed E-state index contributed by atoms with van der Waals surface area (Å²) in [4.78, 5) is 36.7. The number of hydrogen-bond acceptors (Lipinski definition) is 8. The van der Waals surface area contributed by atoms with Crippen molar-refractivity contribution in [3.05, 3.63) is 119 Å². The number of hydrogen-bond donors (Lipinski definition) is 1. The van der Waals surface area contributed by atoms with Crippen LogP contribution in [0.15, 0.2) is 91.0 Å². The van der Waals surface area contributed by atoms with E-state index in [-0.39, 0.29) is 23.6 Å². The average Bonchev–Trinajstić information content (AvgIpc) is 3.49. The zero-order chi connectivity index (χ0) is 39.6. The van der Waals surface area contributed by atoms with Gasteiger partial charge in [0.1, 0.15) is 11.5 Å². The molecule has 0 spiro atoms. The van der Waals surface area contributed by atoms with Gasteiger partial charge in [0, 0.05) is 79.1 Å². The van der Waals surface area contributed by atoms with Gasteiger partial charge in [0.05, 0.1) is 44.2 Å². The van der Waals surface area contributed by atoms with Crippen molar-refractivity contribution in [1.82, 2.24) is 14.4 Å². The lowest BCUT2D eigenvalue weighted by Crippen LogP contribution is -2.52. The van der Waals surface area contributed by atoms with Gasteiger partial charge in [0.25, 0.3) is 11.8 Å². The van der Waals surface area contributed by atoms with Crippen LogP contribution >= 0.6 is 0 Å². The molecule has 2 amide bonds. The van der Waals surface area contributed by atoms with E-state index in [0.29, 0.717) is 98.7 Å². The molecule has 0 unspecified atom stereocenters. The molecule has 0 aliphatic carbocycles. The van der Waals surface area contributed by atoms with Gasteiger partial charge in [-0.25, -0.2) is 0 Å².